The van der Waals surface area contributed by atoms with Crippen LogP contribution in [0.2, 0.25) is 0 Å². The first kappa shape index (κ1) is 22.7. The lowest BCUT2D eigenvalue weighted by molar-refractivity contribution is -0.129. The van der Waals surface area contributed by atoms with Crippen molar-refractivity contribution >= 4 is 28.3 Å². The van der Waals surface area contributed by atoms with Crippen LogP contribution >= 0.6 is 0 Å². The summed E-state index contributed by atoms with van der Waals surface area (Å²) >= 11 is 0. The standard InChI is InChI=1S/C27H28N6O2/c1-3-17(2)26(34)28-23-15-14-18-8-4-5-13-24(18)33(27(23)35)16-19-9-6-11-21-20(19)10-7-12-22(21)25-29-31-32-30-25/h4-13,17,23H,3,14-16H2,1-2H3,(H,28,34)(H,29,30,31,32)/t17-,23+/m1/s1. The van der Waals surface area contributed by atoms with Gasteiger partial charge in [0.1, 0.15) is 6.04 Å². The molecule has 2 amide bonds. The molecule has 4 aromatic rings. The lowest BCUT2D eigenvalue weighted by Crippen LogP contribution is -2.49. The summed E-state index contributed by atoms with van der Waals surface area (Å²) in [6.07, 6.45) is 2.03. The molecule has 5 rings (SSSR count). The number of nitrogens with zero attached hydrogens (tertiary/aromatic N) is 4. The summed E-state index contributed by atoms with van der Waals surface area (Å²) in [7, 11) is 0. The molecular formula is C27H28N6O2. The summed E-state index contributed by atoms with van der Waals surface area (Å²) < 4.78 is 0. The highest BCUT2D eigenvalue weighted by atomic mass is 16.2. The first-order chi connectivity index (χ1) is 17.1. The van der Waals surface area contributed by atoms with E-state index in [2.05, 4.69) is 32.0 Å². The fourth-order valence-corrected chi connectivity index (χ4v) is 4.67. The number of aromatic amines is 1. The van der Waals surface area contributed by atoms with Gasteiger partial charge in [-0.15, -0.1) is 10.2 Å². The number of amides is 2. The second-order valence-electron chi connectivity index (χ2n) is 9.02. The summed E-state index contributed by atoms with van der Waals surface area (Å²) in [4.78, 5) is 28.3. The van der Waals surface area contributed by atoms with Gasteiger partial charge in [0.2, 0.25) is 17.6 Å². The summed E-state index contributed by atoms with van der Waals surface area (Å²) in [5, 5.41) is 19.5. The molecule has 8 nitrogen and oxygen atoms in total. The number of fused-ring (bicyclic) bond motifs is 2. The average Bonchev–Trinajstić information content (AvgIpc) is 3.39. The Balaban J connectivity index is 1.54. The van der Waals surface area contributed by atoms with E-state index in [9.17, 15) is 9.59 Å². The molecule has 1 aliphatic rings. The molecule has 2 heterocycles. The van der Waals surface area contributed by atoms with E-state index >= 15 is 0 Å². The van der Waals surface area contributed by atoms with Crippen molar-refractivity contribution in [1.29, 1.82) is 0 Å². The third kappa shape index (κ3) is 4.39. The first-order valence-corrected chi connectivity index (χ1v) is 12.0. The Morgan fingerprint density at radius 2 is 1.91 bits per heavy atom. The highest BCUT2D eigenvalue weighted by molar-refractivity contribution is 6.02. The molecule has 178 valence electrons. The number of benzene rings is 3. The number of carbonyl (C=O) groups excluding carboxylic acids is 2. The number of carbonyl (C=O) groups is 2. The van der Waals surface area contributed by atoms with Crippen molar-refractivity contribution < 1.29 is 9.59 Å². The molecule has 0 saturated heterocycles. The van der Waals surface area contributed by atoms with Crippen LogP contribution in [-0.4, -0.2) is 38.5 Å². The summed E-state index contributed by atoms with van der Waals surface area (Å²) in [5.74, 6) is 0.227. The molecule has 2 N–H and O–H groups in total. The Labute approximate surface area is 203 Å². The third-order valence-electron chi connectivity index (χ3n) is 6.85. The van der Waals surface area contributed by atoms with Crippen LogP contribution in [0, 0.1) is 5.92 Å². The normalized spacial score (nSPS) is 16.6. The largest absolute Gasteiger partial charge is 0.344 e. The number of hydrogen-bond acceptors (Lipinski definition) is 5. The molecule has 3 aromatic carbocycles. The zero-order valence-electron chi connectivity index (χ0n) is 19.9. The monoisotopic (exact) mass is 468 g/mol. The second kappa shape index (κ2) is 9.66. The number of aromatic nitrogens is 4. The van der Waals surface area contributed by atoms with Gasteiger partial charge in [-0.05, 0) is 52.4 Å². The lowest BCUT2D eigenvalue weighted by atomic mass is 9.99. The molecule has 0 spiro atoms. The second-order valence-corrected chi connectivity index (χ2v) is 9.02. The third-order valence-corrected chi connectivity index (χ3v) is 6.85. The quantitative estimate of drug-likeness (QED) is 0.445. The number of tetrazole rings is 1. The minimum Gasteiger partial charge on any atom is -0.344 e. The summed E-state index contributed by atoms with van der Waals surface area (Å²) in [5.41, 5.74) is 3.88. The maximum Gasteiger partial charge on any atom is 0.249 e. The number of hydrogen-bond donors (Lipinski definition) is 2. The van der Waals surface area contributed by atoms with E-state index in [-0.39, 0.29) is 17.7 Å². The van der Waals surface area contributed by atoms with E-state index < -0.39 is 6.04 Å². The van der Waals surface area contributed by atoms with Gasteiger partial charge in [-0.1, -0.05) is 68.4 Å². The molecule has 1 aliphatic heterocycles. The minimum absolute atomic E-state index is 0.0772. The van der Waals surface area contributed by atoms with E-state index in [0.29, 0.717) is 18.8 Å². The van der Waals surface area contributed by atoms with Crippen LogP contribution in [0.3, 0.4) is 0 Å². The van der Waals surface area contributed by atoms with Crippen molar-refractivity contribution in [2.75, 3.05) is 4.90 Å². The fourth-order valence-electron chi connectivity index (χ4n) is 4.67. The van der Waals surface area contributed by atoms with Gasteiger partial charge < -0.3 is 10.2 Å². The van der Waals surface area contributed by atoms with Gasteiger partial charge in [0.05, 0.1) is 6.54 Å². The van der Waals surface area contributed by atoms with Gasteiger partial charge in [-0.3, -0.25) is 9.59 Å². The molecule has 0 radical (unpaired) electrons. The van der Waals surface area contributed by atoms with Crippen molar-refractivity contribution in [3.05, 3.63) is 71.8 Å². The minimum atomic E-state index is -0.561. The Kier molecular flexibility index (Phi) is 6.27. The van der Waals surface area contributed by atoms with Crippen LogP contribution in [0.15, 0.2) is 60.7 Å². The Hall–Kier alpha value is -4.07. The number of anilines is 1. The zero-order chi connectivity index (χ0) is 24.4. The Morgan fingerprint density at radius 3 is 2.71 bits per heavy atom. The van der Waals surface area contributed by atoms with E-state index in [1.807, 2.05) is 73.3 Å². The highest BCUT2D eigenvalue weighted by Crippen LogP contribution is 2.32. The maximum atomic E-state index is 13.8. The number of rotatable bonds is 6. The Bertz CT molecular complexity index is 1370. The topological polar surface area (TPSA) is 104 Å². The predicted molar refractivity (Wildman–Crippen MR) is 134 cm³/mol. The molecule has 8 heteroatoms. The van der Waals surface area contributed by atoms with E-state index in [4.69, 9.17) is 0 Å². The molecular weight excluding hydrogens is 440 g/mol. The summed E-state index contributed by atoms with van der Waals surface area (Å²) in [6, 6.07) is 19.5. The lowest BCUT2D eigenvalue weighted by Gasteiger charge is -2.27. The molecule has 0 fully saturated rings. The smallest absolute Gasteiger partial charge is 0.249 e. The molecule has 0 saturated carbocycles. The van der Waals surface area contributed by atoms with Crippen LogP contribution in [0.1, 0.15) is 37.8 Å². The number of H-pyrrole nitrogens is 1. The van der Waals surface area contributed by atoms with Crippen molar-refractivity contribution in [2.24, 2.45) is 5.92 Å². The molecule has 1 aromatic heterocycles. The molecule has 35 heavy (non-hydrogen) atoms. The molecule has 0 aliphatic carbocycles. The molecule has 2 atom stereocenters. The van der Waals surface area contributed by atoms with Gasteiger partial charge in [-0.2, -0.15) is 5.21 Å². The Morgan fingerprint density at radius 1 is 1.11 bits per heavy atom. The van der Waals surface area contributed by atoms with Crippen LogP contribution in [0.25, 0.3) is 22.2 Å². The SMILES string of the molecule is CC[C@@H](C)C(=O)N[C@H]1CCc2ccccc2N(Cc2cccc3c(-c4nn[nH]n4)cccc23)C1=O. The van der Waals surface area contributed by atoms with E-state index in [0.717, 1.165) is 46.0 Å². The number of nitrogens with one attached hydrogen (secondary N) is 2. The zero-order valence-corrected chi connectivity index (χ0v) is 19.9. The van der Waals surface area contributed by atoms with Crippen LogP contribution in [0.5, 0.6) is 0 Å². The fraction of sp³-hybridized carbons (Fsp3) is 0.296. The number of para-hydroxylation sites is 1. The van der Waals surface area contributed by atoms with Gasteiger partial charge in [0, 0.05) is 17.2 Å². The van der Waals surface area contributed by atoms with Crippen LogP contribution < -0.4 is 10.2 Å². The van der Waals surface area contributed by atoms with Crippen molar-refractivity contribution in [2.45, 2.75) is 45.7 Å². The van der Waals surface area contributed by atoms with Crippen molar-refractivity contribution in [3.8, 4) is 11.4 Å². The first-order valence-electron chi connectivity index (χ1n) is 12.0. The van der Waals surface area contributed by atoms with Gasteiger partial charge in [0.25, 0.3) is 0 Å². The number of aryl methyl sites for hydroxylation is 1. The van der Waals surface area contributed by atoms with Gasteiger partial charge in [0.15, 0.2) is 0 Å². The predicted octanol–water partition coefficient (Wildman–Crippen LogP) is 4.03. The average molecular weight is 469 g/mol. The van der Waals surface area contributed by atoms with Gasteiger partial charge >= 0.3 is 0 Å². The maximum absolute atomic E-state index is 13.8. The molecule has 0 bridgehead atoms. The van der Waals surface area contributed by atoms with E-state index in [1.54, 1.807) is 0 Å². The highest BCUT2D eigenvalue weighted by Gasteiger charge is 2.32. The summed E-state index contributed by atoms with van der Waals surface area (Å²) in [6.45, 7) is 4.25. The van der Waals surface area contributed by atoms with Gasteiger partial charge in [-0.25, -0.2) is 0 Å². The van der Waals surface area contributed by atoms with Crippen molar-refractivity contribution in [1.82, 2.24) is 25.9 Å². The van der Waals surface area contributed by atoms with E-state index in [1.165, 1.54) is 0 Å². The molecule has 0 unspecified atom stereocenters. The van der Waals surface area contributed by atoms with Crippen LogP contribution in [0.4, 0.5) is 5.69 Å². The van der Waals surface area contributed by atoms with Crippen molar-refractivity contribution in [3.63, 3.8) is 0 Å². The van der Waals surface area contributed by atoms with Crippen LogP contribution in [-0.2, 0) is 22.6 Å².